The minimum absolute atomic E-state index is 0.287. The van der Waals surface area contributed by atoms with Crippen molar-refractivity contribution in [1.82, 2.24) is 0 Å². The van der Waals surface area contributed by atoms with Crippen LogP contribution in [0.15, 0.2) is 11.6 Å². The SMILES string of the molecule is CO[C@@H]1C=C(C)C[C@@H](OS(C)(=O)=O)[C@H]1N. The van der Waals surface area contributed by atoms with Crippen molar-refractivity contribution in [3.63, 3.8) is 0 Å². The monoisotopic (exact) mass is 235 g/mol. The van der Waals surface area contributed by atoms with Gasteiger partial charge in [0.05, 0.1) is 24.5 Å². The highest BCUT2D eigenvalue weighted by Gasteiger charge is 2.32. The Bertz CT molecular complexity index is 349. The molecular formula is C9H17NO4S. The highest BCUT2D eigenvalue weighted by Crippen LogP contribution is 2.23. The van der Waals surface area contributed by atoms with Gasteiger partial charge < -0.3 is 10.5 Å². The molecule has 0 aromatic heterocycles. The Hall–Kier alpha value is -0.430. The van der Waals surface area contributed by atoms with Crippen LogP contribution in [0.25, 0.3) is 0 Å². The molecule has 0 radical (unpaired) electrons. The molecule has 1 rings (SSSR count). The van der Waals surface area contributed by atoms with Crippen molar-refractivity contribution in [1.29, 1.82) is 0 Å². The summed E-state index contributed by atoms with van der Waals surface area (Å²) >= 11 is 0. The van der Waals surface area contributed by atoms with Gasteiger partial charge in [0.2, 0.25) is 0 Å². The van der Waals surface area contributed by atoms with Crippen LogP contribution >= 0.6 is 0 Å². The van der Waals surface area contributed by atoms with Gasteiger partial charge in [-0.1, -0.05) is 11.6 Å². The minimum atomic E-state index is -3.47. The second-order valence-corrected chi connectivity index (χ2v) is 5.43. The predicted octanol–water partition coefficient (Wildman–Crippen LogP) is 0.0235. The van der Waals surface area contributed by atoms with Gasteiger partial charge in [0.15, 0.2) is 0 Å². The summed E-state index contributed by atoms with van der Waals surface area (Å²) in [5.74, 6) is 0. The van der Waals surface area contributed by atoms with Crippen LogP contribution in [0.4, 0.5) is 0 Å². The Morgan fingerprint density at radius 1 is 1.53 bits per heavy atom. The molecule has 5 nitrogen and oxygen atoms in total. The summed E-state index contributed by atoms with van der Waals surface area (Å²) in [5.41, 5.74) is 6.87. The van der Waals surface area contributed by atoms with Crippen LogP contribution in [-0.2, 0) is 19.0 Å². The van der Waals surface area contributed by atoms with Gasteiger partial charge in [-0.05, 0) is 13.3 Å². The van der Waals surface area contributed by atoms with Crippen molar-refractivity contribution in [2.45, 2.75) is 31.6 Å². The molecule has 2 N–H and O–H groups in total. The Balaban J connectivity index is 2.80. The average molecular weight is 235 g/mol. The summed E-state index contributed by atoms with van der Waals surface area (Å²) < 4.78 is 32.1. The van der Waals surface area contributed by atoms with Crippen LogP contribution in [0.1, 0.15) is 13.3 Å². The Morgan fingerprint density at radius 2 is 2.13 bits per heavy atom. The summed E-state index contributed by atoms with van der Waals surface area (Å²) in [4.78, 5) is 0. The second-order valence-electron chi connectivity index (χ2n) is 3.83. The standard InChI is InChI=1S/C9H17NO4S/c1-6-4-7(13-2)9(10)8(5-6)14-15(3,11)12/h4,7-9H,5,10H2,1-3H3/t7-,8-,9+/m1/s1. The van der Waals surface area contributed by atoms with E-state index < -0.39 is 22.3 Å². The zero-order chi connectivity index (χ0) is 11.6. The molecule has 0 saturated heterocycles. The molecule has 0 unspecified atom stereocenters. The smallest absolute Gasteiger partial charge is 0.264 e. The average Bonchev–Trinajstić information content (AvgIpc) is 2.08. The number of methoxy groups -OCH3 is 1. The maximum absolute atomic E-state index is 11.0. The van der Waals surface area contributed by atoms with Gasteiger partial charge in [-0.3, -0.25) is 4.18 Å². The zero-order valence-corrected chi connectivity index (χ0v) is 9.95. The van der Waals surface area contributed by atoms with E-state index in [9.17, 15) is 8.42 Å². The van der Waals surface area contributed by atoms with Crippen molar-refractivity contribution in [2.24, 2.45) is 5.73 Å². The Morgan fingerprint density at radius 3 is 2.60 bits per heavy atom. The van der Waals surface area contributed by atoms with E-state index in [-0.39, 0.29) is 6.10 Å². The summed E-state index contributed by atoms with van der Waals surface area (Å²) in [6.45, 7) is 1.90. The number of nitrogens with two attached hydrogens (primary N) is 1. The maximum atomic E-state index is 11.0. The summed E-state index contributed by atoms with van der Waals surface area (Å²) in [6, 6.07) is -0.451. The van der Waals surface area contributed by atoms with E-state index in [0.29, 0.717) is 6.42 Å². The maximum Gasteiger partial charge on any atom is 0.264 e. The lowest BCUT2D eigenvalue weighted by molar-refractivity contribution is 0.0557. The van der Waals surface area contributed by atoms with E-state index in [4.69, 9.17) is 14.7 Å². The molecule has 0 aliphatic heterocycles. The van der Waals surface area contributed by atoms with Gasteiger partial charge in [0.25, 0.3) is 10.1 Å². The fraction of sp³-hybridized carbons (Fsp3) is 0.778. The lowest BCUT2D eigenvalue weighted by atomic mass is 9.92. The first-order valence-electron chi connectivity index (χ1n) is 4.67. The normalized spacial score (nSPS) is 32.5. The summed E-state index contributed by atoms with van der Waals surface area (Å²) in [6.07, 6.45) is 2.62. The fourth-order valence-corrected chi connectivity index (χ4v) is 2.32. The van der Waals surface area contributed by atoms with E-state index in [0.717, 1.165) is 11.8 Å². The van der Waals surface area contributed by atoms with Crippen LogP contribution in [0.3, 0.4) is 0 Å². The van der Waals surface area contributed by atoms with E-state index in [1.54, 1.807) is 0 Å². The molecule has 0 saturated carbocycles. The number of hydrogen-bond donors (Lipinski definition) is 1. The molecule has 1 aliphatic carbocycles. The van der Waals surface area contributed by atoms with Crippen molar-refractivity contribution < 1.29 is 17.3 Å². The largest absolute Gasteiger partial charge is 0.376 e. The number of ether oxygens (including phenoxy) is 1. The molecule has 0 amide bonds. The number of rotatable bonds is 3. The third-order valence-corrected chi connectivity index (χ3v) is 2.95. The van der Waals surface area contributed by atoms with Crippen molar-refractivity contribution in [3.8, 4) is 0 Å². The fourth-order valence-electron chi connectivity index (χ4n) is 1.67. The third-order valence-electron chi connectivity index (χ3n) is 2.35. The lowest BCUT2D eigenvalue weighted by Gasteiger charge is -2.32. The van der Waals surface area contributed by atoms with Gasteiger partial charge in [0.1, 0.15) is 0 Å². The first-order chi connectivity index (χ1) is 6.83. The molecular weight excluding hydrogens is 218 g/mol. The highest BCUT2D eigenvalue weighted by atomic mass is 32.2. The van der Waals surface area contributed by atoms with E-state index in [1.807, 2.05) is 13.0 Å². The lowest BCUT2D eigenvalue weighted by Crippen LogP contribution is -2.49. The van der Waals surface area contributed by atoms with Crippen molar-refractivity contribution in [2.75, 3.05) is 13.4 Å². The molecule has 0 aromatic rings. The molecule has 0 spiro atoms. The van der Waals surface area contributed by atoms with E-state index in [1.165, 1.54) is 7.11 Å². The quantitative estimate of drug-likeness (QED) is 0.551. The summed E-state index contributed by atoms with van der Waals surface area (Å²) in [7, 11) is -1.94. The number of hydrogen-bond acceptors (Lipinski definition) is 5. The minimum Gasteiger partial charge on any atom is -0.376 e. The predicted molar refractivity (Wildman–Crippen MR) is 56.9 cm³/mol. The molecule has 88 valence electrons. The third kappa shape index (κ3) is 3.57. The molecule has 3 atom stereocenters. The molecule has 1 aliphatic rings. The van der Waals surface area contributed by atoms with Gasteiger partial charge >= 0.3 is 0 Å². The van der Waals surface area contributed by atoms with E-state index in [2.05, 4.69) is 0 Å². The Kier molecular flexibility index (Phi) is 3.88. The topological polar surface area (TPSA) is 78.6 Å². The molecule has 0 heterocycles. The van der Waals surface area contributed by atoms with E-state index >= 15 is 0 Å². The van der Waals surface area contributed by atoms with Crippen LogP contribution in [0.2, 0.25) is 0 Å². The Labute approximate surface area is 90.4 Å². The van der Waals surface area contributed by atoms with Crippen molar-refractivity contribution in [3.05, 3.63) is 11.6 Å². The molecule has 6 heteroatoms. The van der Waals surface area contributed by atoms with Gasteiger partial charge in [-0.25, -0.2) is 0 Å². The summed E-state index contributed by atoms with van der Waals surface area (Å²) in [5, 5.41) is 0. The van der Waals surface area contributed by atoms with Gasteiger partial charge in [-0.15, -0.1) is 0 Å². The zero-order valence-electron chi connectivity index (χ0n) is 9.14. The van der Waals surface area contributed by atoms with Gasteiger partial charge in [0, 0.05) is 7.11 Å². The second kappa shape index (κ2) is 4.61. The van der Waals surface area contributed by atoms with Crippen LogP contribution < -0.4 is 5.73 Å². The van der Waals surface area contributed by atoms with Crippen LogP contribution in [0.5, 0.6) is 0 Å². The highest BCUT2D eigenvalue weighted by molar-refractivity contribution is 7.86. The first kappa shape index (κ1) is 12.6. The van der Waals surface area contributed by atoms with Crippen LogP contribution in [-0.4, -0.2) is 40.0 Å². The molecule has 0 aromatic carbocycles. The van der Waals surface area contributed by atoms with Crippen molar-refractivity contribution >= 4 is 10.1 Å². The molecule has 0 bridgehead atoms. The van der Waals surface area contributed by atoms with Crippen LogP contribution in [0, 0.1) is 0 Å². The molecule has 0 fully saturated rings. The first-order valence-corrected chi connectivity index (χ1v) is 6.49. The molecule has 15 heavy (non-hydrogen) atoms. The van der Waals surface area contributed by atoms with Gasteiger partial charge in [-0.2, -0.15) is 8.42 Å².